The lowest BCUT2D eigenvalue weighted by molar-refractivity contribution is 0.103. The molecular formula is C17H14O2S. The summed E-state index contributed by atoms with van der Waals surface area (Å²) in [5.41, 5.74) is 2.56. The Labute approximate surface area is 122 Å². The average Bonchev–Trinajstić information content (AvgIpc) is 2.51. The Morgan fingerprint density at radius 1 is 1.10 bits per heavy atom. The molecule has 2 nitrogen and oxygen atoms in total. The zero-order chi connectivity index (χ0) is 13.9. The van der Waals surface area contributed by atoms with Gasteiger partial charge in [-0.05, 0) is 24.3 Å². The third-order valence-corrected chi connectivity index (χ3v) is 4.40. The van der Waals surface area contributed by atoms with Crippen molar-refractivity contribution in [1.82, 2.24) is 0 Å². The summed E-state index contributed by atoms with van der Waals surface area (Å²) in [5, 5.41) is 0. The Hall–Kier alpha value is -2.00. The van der Waals surface area contributed by atoms with Crippen LogP contribution in [0, 0.1) is 0 Å². The number of ketones is 1. The van der Waals surface area contributed by atoms with Gasteiger partial charge in [0.2, 0.25) is 0 Å². The molecule has 0 radical (unpaired) electrons. The van der Waals surface area contributed by atoms with E-state index in [9.17, 15) is 4.79 Å². The van der Waals surface area contributed by atoms with Crippen LogP contribution in [-0.4, -0.2) is 18.6 Å². The van der Waals surface area contributed by atoms with Gasteiger partial charge >= 0.3 is 0 Å². The van der Waals surface area contributed by atoms with Crippen LogP contribution in [0.25, 0.3) is 6.08 Å². The van der Waals surface area contributed by atoms with Crippen molar-refractivity contribution in [3.63, 3.8) is 0 Å². The number of carbonyl (C=O) groups excluding carboxylic acids is 1. The molecule has 0 N–H and O–H groups in total. The third-order valence-electron chi connectivity index (χ3n) is 3.28. The van der Waals surface area contributed by atoms with Crippen LogP contribution in [0.2, 0.25) is 0 Å². The lowest BCUT2D eigenvalue weighted by Crippen LogP contribution is -2.12. The summed E-state index contributed by atoms with van der Waals surface area (Å²) in [6.07, 6.45) is 1.93. The van der Waals surface area contributed by atoms with Crippen molar-refractivity contribution in [1.29, 1.82) is 0 Å². The molecule has 3 heteroatoms. The first-order valence-corrected chi connectivity index (χ1v) is 7.38. The van der Waals surface area contributed by atoms with Gasteiger partial charge in [-0.15, -0.1) is 11.8 Å². The predicted octanol–water partition coefficient (Wildman–Crippen LogP) is 4.07. The first-order valence-electron chi connectivity index (χ1n) is 6.39. The van der Waals surface area contributed by atoms with E-state index in [4.69, 9.17) is 4.74 Å². The second-order valence-electron chi connectivity index (χ2n) is 4.53. The van der Waals surface area contributed by atoms with Crippen LogP contribution in [0.4, 0.5) is 0 Å². The average molecular weight is 282 g/mol. The van der Waals surface area contributed by atoms with Crippen molar-refractivity contribution < 1.29 is 9.53 Å². The van der Waals surface area contributed by atoms with Crippen molar-refractivity contribution in [3.05, 3.63) is 65.2 Å². The van der Waals surface area contributed by atoms with E-state index < -0.39 is 0 Å². The summed E-state index contributed by atoms with van der Waals surface area (Å²) < 4.78 is 5.33. The maximum absolute atomic E-state index is 12.5. The van der Waals surface area contributed by atoms with Crippen LogP contribution < -0.4 is 4.74 Å². The molecule has 0 amide bonds. The smallest absolute Gasteiger partial charge is 0.191 e. The first kappa shape index (κ1) is 13.0. The lowest BCUT2D eigenvalue weighted by atomic mass is 10.0. The van der Waals surface area contributed by atoms with Crippen molar-refractivity contribution in [2.24, 2.45) is 0 Å². The number of ether oxygens (including phenoxy) is 1. The van der Waals surface area contributed by atoms with Gasteiger partial charge in [0.15, 0.2) is 5.78 Å². The number of methoxy groups -OCH3 is 1. The standard InChI is InChI=1S/C17H14O2S/c1-19-15-8-4-2-6-12(15)10-13-11-20-16-9-5-3-7-14(16)17(13)18/h2-10H,11H2,1H3/b13-10+. The molecule has 3 rings (SSSR count). The molecular weight excluding hydrogens is 268 g/mol. The number of Topliss-reactive ketones (excluding diaryl/α,β-unsaturated/α-hetero) is 1. The number of hydrogen-bond donors (Lipinski definition) is 0. The second-order valence-corrected chi connectivity index (χ2v) is 5.54. The largest absolute Gasteiger partial charge is 0.496 e. The summed E-state index contributed by atoms with van der Waals surface area (Å²) in [5.74, 6) is 1.61. The summed E-state index contributed by atoms with van der Waals surface area (Å²) in [6, 6.07) is 15.5. The number of carbonyl (C=O) groups is 1. The Balaban J connectivity index is 2.00. The molecule has 0 atom stereocenters. The first-order chi connectivity index (χ1) is 9.79. The minimum atomic E-state index is 0.116. The van der Waals surface area contributed by atoms with Crippen LogP contribution in [0.3, 0.4) is 0 Å². The molecule has 2 aromatic rings. The van der Waals surface area contributed by atoms with Crippen LogP contribution in [0.5, 0.6) is 5.75 Å². The third kappa shape index (κ3) is 2.37. The van der Waals surface area contributed by atoms with Gasteiger partial charge in [-0.3, -0.25) is 4.79 Å². The van der Waals surface area contributed by atoms with Gasteiger partial charge in [0.25, 0.3) is 0 Å². The van der Waals surface area contributed by atoms with Crippen LogP contribution in [0.1, 0.15) is 15.9 Å². The van der Waals surface area contributed by atoms with E-state index in [1.165, 1.54) is 0 Å². The molecule has 0 fully saturated rings. The van der Waals surface area contributed by atoms with Crippen LogP contribution in [0.15, 0.2) is 59.0 Å². The Bertz CT molecular complexity index is 689. The summed E-state index contributed by atoms with van der Waals surface area (Å²) >= 11 is 1.70. The number of fused-ring (bicyclic) bond motifs is 1. The van der Waals surface area contributed by atoms with Gasteiger partial charge in [0.1, 0.15) is 5.75 Å². The quantitative estimate of drug-likeness (QED) is 0.777. The molecule has 1 aliphatic rings. The van der Waals surface area contributed by atoms with Gasteiger partial charge in [0.05, 0.1) is 7.11 Å². The molecule has 0 bridgehead atoms. The number of benzene rings is 2. The van der Waals surface area contributed by atoms with Crippen molar-refractivity contribution >= 4 is 23.6 Å². The molecule has 0 unspecified atom stereocenters. The highest BCUT2D eigenvalue weighted by Crippen LogP contribution is 2.34. The summed E-state index contributed by atoms with van der Waals surface area (Å²) in [4.78, 5) is 13.6. The lowest BCUT2D eigenvalue weighted by Gasteiger charge is -2.17. The fourth-order valence-corrected chi connectivity index (χ4v) is 3.27. The van der Waals surface area contributed by atoms with Crippen molar-refractivity contribution in [3.8, 4) is 5.75 Å². The van der Waals surface area contributed by atoms with Crippen molar-refractivity contribution in [2.75, 3.05) is 12.9 Å². The Morgan fingerprint density at radius 2 is 1.85 bits per heavy atom. The fraction of sp³-hybridized carbons (Fsp3) is 0.118. The normalized spacial score (nSPS) is 16.1. The number of rotatable bonds is 2. The van der Waals surface area contributed by atoms with E-state index in [0.717, 1.165) is 27.3 Å². The van der Waals surface area contributed by atoms with E-state index in [-0.39, 0.29) is 5.78 Å². The van der Waals surface area contributed by atoms with Crippen molar-refractivity contribution in [2.45, 2.75) is 4.90 Å². The maximum Gasteiger partial charge on any atom is 0.191 e. The summed E-state index contributed by atoms with van der Waals surface area (Å²) in [6.45, 7) is 0. The molecule has 0 saturated heterocycles. The topological polar surface area (TPSA) is 26.3 Å². The van der Waals surface area contributed by atoms with Gasteiger partial charge in [-0.2, -0.15) is 0 Å². The van der Waals surface area contributed by atoms with Crippen LogP contribution >= 0.6 is 11.8 Å². The van der Waals surface area contributed by atoms with Gasteiger partial charge in [-0.25, -0.2) is 0 Å². The highest BCUT2D eigenvalue weighted by atomic mass is 32.2. The monoisotopic (exact) mass is 282 g/mol. The molecule has 20 heavy (non-hydrogen) atoms. The SMILES string of the molecule is COc1ccccc1/C=C1\CSc2ccccc2C1=O. The molecule has 0 aromatic heterocycles. The molecule has 0 spiro atoms. The molecule has 2 aromatic carbocycles. The Kier molecular flexibility index (Phi) is 3.61. The minimum Gasteiger partial charge on any atom is -0.496 e. The van der Waals surface area contributed by atoms with E-state index >= 15 is 0 Å². The van der Waals surface area contributed by atoms with Gasteiger partial charge in [0, 0.05) is 27.3 Å². The second kappa shape index (κ2) is 5.55. The Morgan fingerprint density at radius 3 is 2.70 bits per heavy atom. The molecule has 1 aliphatic heterocycles. The zero-order valence-electron chi connectivity index (χ0n) is 11.1. The number of thioether (sulfide) groups is 1. The molecule has 0 aliphatic carbocycles. The fourth-order valence-electron chi connectivity index (χ4n) is 2.25. The van der Waals surface area contributed by atoms with E-state index in [2.05, 4.69) is 0 Å². The number of para-hydroxylation sites is 1. The highest BCUT2D eigenvalue weighted by molar-refractivity contribution is 7.99. The van der Waals surface area contributed by atoms with E-state index in [0.29, 0.717) is 5.75 Å². The molecule has 1 heterocycles. The van der Waals surface area contributed by atoms with Gasteiger partial charge in [-0.1, -0.05) is 30.3 Å². The minimum absolute atomic E-state index is 0.116. The van der Waals surface area contributed by atoms with Crippen LogP contribution in [-0.2, 0) is 0 Å². The zero-order valence-corrected chi connectivity index (χ0v) is 11.9. The summed E-state index contributed by atoms with van der Waals surface area (Å²) in [7, 11) is 1.64. The van der Waals surface area contributed by atoms with Gasteiger partial charge < -0.3 is 4.74 Å². The maximum atomic E-state index is 12.5. The molecule has 0 saturated carbocycles. The van der Waals surface area contributed by atoms with E-state index in [1.54, 1.807) is 18.9 Å². The molecule has 100 valence electrons. The predicted molar refractivity (Wildman–Crippen MR) is 82.5 cm³/mol. The van der Waals surface area contributed by atoms with E-state index in [1.807, 2.05) is 54.6 Å². The highest BCUT2D eigenvalue weighted by Gasteiger charge is 2.22. The number of hydrogen-bond acceptors (Lipinski definition) is 3.